The topological polar surface area (TPSA) is 49.0 Å². The summed E-state index contributed by atoms with van der Waals surface area (Å²) in [5, 5.41) is 6.87. The van der Waals surface area contributed by atoms with Crippen molar-refractivity contribution in [2.75, 3.05) is 7.05 Å². The molecule has 0 aliphatic heterocycles. The van der Waals surface area contributed by atoms with Crippen LogP contribution in [-0.4, -0.2) is 28.1 Å². The van der Waals surface area contributed by atoms with Gasteiger partial charge in [-0.25, -0.2) is 8.78 Å². The van der Waals surface area contributed by atoms with Gasteiger partial charge in [0.2, 0.25) is 0 Å². The van der Waals surface area contributed by atoms with E-state index in [0.717, 1.165) is 24.6 Å². The molecule has 0 atom stereocenters. The molecule has 4 nitrogen and oxygen atoms in total. The minimum Gasteiger partial charge on any atom is -0.336 e. The molecule has 21 heavy (non-hydrogen) atoms. The van der Waals surface area contributed by atoms with Crippen molar-refractivity contribution < 1.29 is 13.6 Å². The molecule has 0 saturated heterocycles. The van der Waals surface area contributed by atoms with E-state index in [4.69, 9.17) is 0 Å². The van der Waals surface area contributed by atoms with Gasteiger partial charge in [0.25, 0.3) is 5.91 Å². The van der Waals surface area contributed by atoms with Crippen LogP contribution in [0.15, 0.2) is 24.3 Å². The number of rotatable bonds is 4. The number of amides is 1. The summed E-state index contributed by atoms with van der Waals surface area (Å²) in [5.41, 5.74) is 1.56. The molecular formula is C15H15F2N3O. The second kappa shape index (κ2) is 5.27. The summed E-state index contributed by atoms with van der Waals surface area (Å²) in [4.78, 5) is 13.6. The minimum absolute atomic E-state index is 0.0660. The lowest BCUT2D eigenvalue weighted by molar-refractivity contribution is 0.0778. The first-order valence-electron chi connectivity index (χ1n) is 6.79. The Hall–Kier alpha value is -2.24. The van der Waals surface area contributed by atoms with Gasteiger partial charge in [0.05, 0.1) is 0 Å². The van der Waals surface area contributed by atoms with Crippen molar-refractivity contribution in [1.29, 1.82) is 0 Å². The van der Waals surface area contributed by atoms with E-state index in [0.29, 0.717) is 11.6 Å². The molecule has 1 aliphatic rings. The average molecular weight is 291 g/mol. The van der Waals surface area contributed by atoms with Crippen LogP contribution in [-0.2, 0) is 6.54 Å². The predicted octanol–water partition coefficient (Wildman–Crippen LogP) is 2.84. The quantitative estimate of drug-likeness (QED) is 0.941. The fourth-order valence-electron chi connectivity index (χ4n) is 2.22. The van der Waals surface area contributed by atoms with Gasteiger partial charge in [0.1, 0.15) is 17.3 Å². The van der Waals surface area contributed by atoms with Crippen LogP contribution < -0.4 is 0 Å². The first kappa shape index (κ1) is 13.7. The zero-order chi connectivity index (χ0) is 15.0. The third-order valence-corrected chi connectivity index (χ3v) is 3.60. The molecule has 1 heterocycles. The number of carbonyl (C=O) groups excluding carboxylic acids is 1. The third-order valence-electron chi connectivity index (χ3n) is 3.60. The first-order chi connectivity index (χ1) is 10.0. The van der Waals surface area contributed by atoms with Crippen molar-refractivity contribution in [2.24, 2.45) is 0 Å². The highest BCUT2D eigenvalue weighted by Gasteiger charge is 2.27. The molecule has 1 aromatic heterocycles. The summed E-state index contributed by atoms with van der Waals surface area (Å²) >= 11 is 0. The molecule has 1 aromatic carbocycles. The van der Waals surface area contributed by atoms with Crippen LogP contribution in [0.2, 0.25) is 0 Å². The first-order valence-corrected chi connectivity index (χ1v) is 6.79. The number of hydrogen-bond acceptors (Lipinski definition) is 2. The molecule has 110 valence electrons. The molecule has 0 radical (unpaired) electrons. The molecule has 1 saturated carbocycles. The Labute approximate surface area is 120 Å². The van der Waals surface area contributed by atoms with Gasteiger partial charge < -0.3 is 4.90 Å². The zero-order valence-corrected chi connectivity index (χ0v) is 11.6. The van der Waals surface area contributed by atoms with Gasteiger partial charge in [-0.15, -0.1) is 0 Å². The number of nitrogens with zero attached hydrogens (tertiary/aromatic N) is 2. The predicted molar refractivity (Wildman–Crippen MR) is 72.7 cm³/mol. The Morgan fingerprint density at radius 3 is 2.81 bits per heavy atom. The van der Waals surface area contributed by atoms with Gasteiger partial charge in [0.15, 0.2) is 0 Å². The Balaban J connectivity index is 1.71. The number of aromatic nitrogens is 2. The Morgan fingerprint density at radius 2 is 2.14 bits per heavy atom. The number of carbonyl (C=O) groups is 1. The highest BCUT2D eigenvalue weighted by atomic mass is 19.1. The van der Waals surface area contributed by atoms with Crippen LogP contribution in [0.3, 0.4) is 0 Å². The van der Waals surface area contributed by atoms with E-state index in [1.807, 2.05) is 0 Å². The highest BCUT2D eigenvalue weighted by molar-refractivity contribution is 5.92. The van der Waals surface area contributed by atoms with Crippen LogP contribution in [0.1, 0.15) is 40.5 Å². The number of aromatic amines is 1. The summed E-state index contributed by atoms with van der Waals surface area (Å²) in [6.07, 6.45) is 2.24. The van der Waals surface area contributed by atoms with E-state index in [-0.39, 0.29) is 18.0 Å². The SMILES string of the molecule is CN(Cc1ccc(F)cc1F)C(=O)c1cc(C2CC2)[nH]n1. The van der Waals surface area contributed by atoms with Gasteiger partial charge in [-0.3, -0.25) is 9.89 Å². The van der Waals surface area contributed by atoms with E-state index >= 15 is 0 Å². The van der Waals surface area contributed by atoms with Crippen molar-refractivity contribution in [3.63, 3.8) is 0 Å². The molecular weight excluding hydrogens is 276 g/mol. The molecule has 2 aromatic rings. The van der Waals surface area contributed by atoms with Gasteiger partial charge in [-0.05, 0) is 25.0 Å². The number of halogens is 2. The van der Waals surface area contributed by atoms with Crippen molar-refractivity contribution in [1.82, 2.24) is 15.1 Å². The van der Waals surface area contributed by atoms with Gasteiger partial charge in [-0.2, -0.15) is 5.10 Å². The van der Waals surface area contributed by atoms with E-state index in [9.17, 15) is 13.6 Å². The zero-order valence-electron chi connectivity index (χ0n) is 11.6. The summed E-state index contributed by atoms with van der Waals surface area (Å²) < 4.78 is 26.5. The lowest BCUT2D eigenvalue weighted by Gasteiger charge is -2.16. The Kier molecular flexibility index (Phi) is 3.45. The van der Waals surface area contributed by atoms with Gasteiger partial charge in [0, 0.05) is 36.8 Å². The molecule has 6 heteroatoms. The number of benzene rings is 1. The van der Waals surface area contributed by atoms with Crippen LogP contribution in [0, 0.1) is 11.6 Å². The summed E-state index contributed by atoms with van der Waals surface area (Å²) in [5.74, 6) is -1.09. The Morgan fingerprint density at radius 1 is 1.38 bits per heavy atom. The number of hydrogen-bond donors (Lipinski definition) is 1. The van der Waals surface area contributed by atoms with E-state index in [2.05, 4.69) is 10.2 Å². The second-order valence-corrected chi connectivity index (χ2v) is 5.38. The Bertz CT molecular complexity index is 679. The summed E-state index contributed by atoms with van der Waals surface area (Å²) in [7, 11) is 1.57. The maximum atomic E-state index is 13.6. The lowest BCUT2D eigenvalue weighted by Crippen LogP contribution is -2.27. The molecule has 1 amide bonds. The third kappa shape index (κ3) is 2.94. The van der Waals surface area contributed by atoms with Crippen molar-refractivity contribution in [2.45, 2.75) is 25.3 Å². The number of nitrogens with one attached hydrogen (secondary N) is 1. The molecule has 0 spiro atoms. The van der Waals surface area contributed by atoms with E-state index < -0.39 is 11.6 Å². The maximum Gasteiger partial charge on any atom is 0.274 e. The fraction of sp³-hybridized carbons (Fsp3) is 0.333. The average Bonchev–Trinajstić information content (AvgIpc) is 3.19. The van der Waals surface area contributed by atoms with Crippen LogP contribution >= 0.6 is 0 Å². The molecule has 1 N–H and O–H groups in total. The molecule has 3 rings (SSSR count). The summed E-state index contributed by atoms with van der Waals surface area (Å²) in [6.45, 7) is 0.0660. The van der Waals surface area contributed by atoms with Crippen LogP contribution in [0.25, 0.3) is 0 Å². The molecule has 1 aliphatic carbocycles. The highest BCUT2D eigenvalue weighted by Crippen LogP contribution is 2.39. The largest absolute Gasteiger partial charge is 0.336 e. The van der Waals surface area contributed by atoms with E-state index in [1.165, 1.54) is 17.0 Å². The van der Waals surface area contributed by atoms with E-state index in [1.54, 1.807) is 13.1 Å². The molecule has 0 unspecified atom stereocenters. The monoisotopic (exact) mass is 291 g/mol. The normalized spacial score (nSPS) is 14.2. The van der Waals surface area contributed by atoms with Crippen LogP contribution in [0.5, 0.6) is 0 Å². The summed E-state index contributed by atoms with van der Waals surface area (Å²) in [6, 6.07) is 5.08. The molecule has 0 bridgehead atoms. The standard InChI is InChI=1S/C15H15F2N3O/c1-20(8-10-4-5-11(16)6-12(10)17)15(21)14-7-13(18-19-14)9-2-3-9/h4-7,9H,2-3,8H2,1H3,(H,18,19). The molecule has 1 fully saturated rings. The maximum absolute atomic E-state index is 13.6. The number of H-pyrrole nitrogens is 1. The smallest absolute Gasteiger partial charge is 0.274 e. The van der Waals surface area contributed by atoms with Crippen molar-refractivity contribution in [3.05, 3.63) is 52.9 Å². The second-order valence-electron chi connectivity index (χ2n) is 5.38. The van der Waals surface area contributed by atoms with Crippen molar-refractivity contribution >= 4 is 5.91 Å². The van der Waals surface area contributed by atoms with Gasteiger partial charge >= 0.3 is 0 Å². The van der Waals surface area contributed by atoms with Crippen LogP contribution in [0.4, 0.5) is 8.78 Å². The lowest BCUT2D eigenvalue weighted by atomic mass is 10.2. The fourth-order valence-corrected chi connectivity index (χ4v) is 2.22. The minimum atomic E-state index is -0.657. The van der Waals surface area contributed by atoms with Gasteiger partial charge in [-0.1, -0.05) is 6.07 Å². The van der Waals surface area contributed by atoms with Crippen molar-refractivity contribution in [3.8, 4) is 0 Å².